The molecular formula is C35H57N3O4S. The molecule has 7 nitrogen and oxygen atoms in total. The molecule has 2 rings (SSSR count). The van der Waals surface area contributed by atoms with Gasteiger partial charge in [-0.3, -0.25) is 9.59 Å². The summed E-state index contributed by atoms with van der Waals surface area (Å²) in [6.45, 7) is 20.6. The summed E-state index contributed by atoms with van der Waals surface area (Å²) in [4.78, 5) is 28.4. The molecule has 1 amide bonds. The number of aryl methyl sites for hydroxylation is 1. The van der Waals surface area contributed by atoms with Crippen LogP contribution in [0.2, 0.25) is 0 Å². The molecule has 0 radical (unpaired) electrons. The van der Waals surface area contributed by atoms with Crippen LogP contribution in [-0.4, -0.2) is 43.6 Å². The van der Waals surface area contributed by atoms with E-state index in [-0.39, 0.29) is 5.91 Å². The van der Waals surface area contributed by atoms with Crippen molar-refractivity contribution in [1.29, 1.82) is 0 Å². The molecule has 0 bridgehead atoms. The largest absolute Gasteiger partial charge is 0.497 e. The van der Waals surface area contributed by atoms with Gasteiger partial charge in [0.05, 0.1) is 7.11 Å². The predicted molar refractivity (Wildman–Crippen MR) is 186 cm³/mol. The molecule has 0 saturated heterocycles. The molecule has 1 aromatic carbocycles. The number of unbranched alkanes of at least 4 members (excludes halogenated alkanes) is 3. The highest BCUT2D eigenvalue weighted by molar-refractivity contribution is 8.02. The minimum atomic E-state index is -0.750. The first-order valence-corrected chi connectivity index (χ1v) is 16.6. The Morgan fingerprint density at radius 3 is 2.30 bits per heavy atom. The summed E-state index contributed by atoms with van der Waals surface area (Å²) in [5.74, 6) is 0.709. The van der Waals surface area contributed by atoms with Gasteiger partial charge in [0.1, 0.15) is 22.0 Å². The zero-order chi connectivity index (χ0) is 33.0. The number of nitrogens with zero attached hydrogens (tertiary/aromatic N) is 2. The molecule has 0 aliphatic rings. The topological polar surface area (TPSA) is 93.5 Å². The molecular weight excluding hydrogens is 558 g/mol. The first-order valence-electron chi connectivity index (χ1n) is 15.7. The van der Waals surface area contributed by atoms with E-state index in [0.717, 1.165) is 54.3 Å². The number of anilines is 1. The fourth-order valence-electron chi connectivity index (χ4n) is 4.22. The van der Waals surface area contributed by atoms with Crippen LogP contribution in [0.25, 0.3) is 6.08 Å². The SMILES string of the molecule is C/C=C/c1nc(C(=O)Nc2ccc(OC)cc2CC)c(C)n1CCCCCC.C/C=C\C(CC)SC(C)(C)C(=O)O.CC. The number of ether oxygens (including phenoxy) is 1. The number of methoxy groups -OCH3 is 1. The third-order valence-corrected chi connectivity index (χ3v) is 8.29. The van der Waals surface area contributed by atoms with E-state index >= 15 is 0 Å². The Hall–Kier alpha value is -3.00. The normalized spacial score (nSPS) is 11.9. The summed E-state index contributed by atoms with van der Waals surface area (Å²) in [5.41, 5.74) is 3.24. The van der Waals surface area contributed by atoms with Gasteiger partial charge in [0.15, 0.2) is 0 Å². The second-order valence-electron chi connectivity index (χ2n) is 10.4. The fourth-order valence-corrected chi connectivity index (χ4v) is 5.48. The zero-order valence-corrected chi connectivity index (χ0v) is 29.4. The lowest BCUT2D eigenvalue weighted by Gasteiger charge is -2.22. The number of allylic oxidation sites excluding steroid dienone is 2. The van der Waals surface area contributed by atoms with Crippen molar-refractivity contribution in [3.63, 3.8) is 0 Å². The molecule has 43 heavy (non-hydrogen) atoms. The van der Waals surface area contributed by atoms with Crippen molar-refractivity contribution in [2.45, 2.75) is 124 Å². The van der Waals surface area contributed by atoms with Gasteiger partial charge in [-0.25, -0.2) is 4.98 Å². The smallest absolute Gasteiger partial charge is 0.319 e. The van der Waals surface area contributed by atoms with E-state index in [9.17, 15) is 9.59 Å². The summed E-state index contributed by atoms with van der Waals surface area (Å²) in [7, 11) is 1.65. The van der Waals surface area contributed by atoms with Crippen molar-refractivity contribution < 1.29 is 19.4 Å². The number of nitrogens with one attached hydrogen (secondary N) is 1. The molecule has 2 N–H and O–H groups in total. The molecule has 0 saturated carbocycles. The van der Waals surface area contributed by atoms with Crippen LogP contribution >= 0.6 is 11.8 Å². The Balaban J connectivity index is 0.000000990. The number of carbonyl (C=O) groups excluding carboxylic acids is 1. The van der Waals surface area contributed by atoms with Gasteiger partial charge >= 0.3 is 5.97 Å². The number of benzene rings is 1. The van der Waals surface area contributed by atoms with Crippen molar-refractivity contribution in [2.75, 3.05) is 12.4 Å². The summed E-state index contributed by atoms with van der Waals surface area (Å²) >= 11 is 1.49. The standard InChI is InChI=1S/C23H33N3O2.C10H18O2S.C2H6/c1-6-9-10-11-15-26-17(4)22(25-21(26)12-7-2)23(27)24-20-14-13-19(28-5)16-18(20)8-3;1-5-7-8(6-2)13-10(3,4)9(11)12;1-2/h7,12-14,16H,6,8-11,15H2,1-5H3,(H,24,27);5,7-8H,6H2,1-4H3,(H,11,12);1-2H3/b12-7+;7-5-;. The van der Waals surface area contributed by atoms with Gasteiger partial charge in [0, 0.05) is 23.2 Å². The first kappa shape index (κ1) is 40.0. The first-order chi connectivity index (χ1) is 20.5. The van der Waals surface area contributed by atoms with Gasteiger partial charge in [-0.2, -0.15) is 0 Å². The van der Waals surface area contributed by atoms with E-state index < -0.39 is 10.7 Å². The predicted octanol–water partition coefficient (Wildman–Crippen LogP) is 9.59. The van der Waals surface area contributed by atoms with E-state index in [1.165, 1.54) is 31.0 Å². The monoisotopic (exact) mass is 615 g/mol. The van der Waals surface area contributed by atoms with Crippen LogP contribution in [0.3, 0.4) is 0 Å². The minimum absolute atomic E-state index is 0.171. The molecule has 1 unspecified atom stereocenters. The number of hydrogen-bond donors (Lipinski definition) is 2. The van der Waals surface area contributed by atoms with Crippen molar-refractivity contribution >= 4 is 35.4 Å². The number of aliphatic carboxylic acids is 1. The van der Waals surface area contributed by atoms with E-state index in [1.54, 1.807) is 21.0 Å². The van der Waals surface area contributed by atoms with Crippen LogP contribution < -0.4 is 10.1 Å². The number of carboxylic acids is 1. The number of rotatable bonds is 15. The van der Waals surface area contributed by atoms with Crippen molar-refractivity contribution in [2.24, 2.45) is 0 Å². The maximum atomic E-state index is 13.0. The van der Waals surface area contributed by atoms with Gasteiger partial charge in [0.2, 0.25) is 0 Å². The van der Waals surface area contributed by atoms with Gasteiger partial charge in [-0.1, -0.05) is 72.1 Å². The van der Waals surface area contributed by atoms with Crippen molar-refractivity contribution in [1.82, 2.24) is 9.55 Å². The average molecular weight is 616 g/mol. The second-order valence-corrected chi connectivity index (χ2v) is 12.2. The quantitative estimate of drug-likeness (QED) is 0.153. The third-order valence-electron chi connectivity index (χ3n) is 6.73. The maximum absolute atomic E-state index is 13.0. The molecule has 0 aliphatic carbocycles. The number of thioether (sulfide) groups is 1. The van der Waals surface area contributed by atoms with Crippen LogP contribution in [0.15, 0.2) is 36.4 Å². The summed E-state index contributed by atoms with van der Waals surface area (Å²) in [6, 6.07) is 5.71. The average Bonchev–Trinajstić information content (AvgIpc) is 3.31. The molecule has 1 atom stereocenters. The number of aromatic nitrogens is 2. The highest BCUT2D eigenvalue weighted by Crippen LogP contribution is 2.31. The second kappa shape index (κ2) is 21.7. The molecule has 2 aromatic rings. The van der Waals surface area contributed by atoms with Crippen LogP contribution in [0, 0.1) is 6.92 Å². The molecule has 0 fully saturated rings. The number of carbonyl (C=O) groups is 2. The maximum Gasteiger partial charge on any atom is 0.319 e. The molecule has 0 spiro atoms. The molecule has 1 heterocycles. The van der Waals surface area contributed by atoms with E-state index in [0.29, 0.717) is 10.9 Å². The Bertz CT molecular complexity index is 1170. The third kappa shape index (κ3) is 13.5. The van der Waals surface area contributed by atoms with Crippen LogP contribution in [0.1, 0.15) is 122 Å². The molecule has 0 aliphatic heterocycles. The summed E-state index contributed by atoms with van der Waals surface area (Å²) < 4.78 is 6.74. The molecule has 1 aromatic heterocycles. The Kier molecular flexibility index (Phi) is 20.1. The fraction of sp³-hybridized carbons (Fsp3) is 0.571. The molecule has 242 valence electrons. The van der Waals surface area contributed by atoms with Gasteiger partial charge < -0.3 is 19.7 Å². The summed E-state index contributed by atoms with van der Waals surface area (Å²) in [5, 5.41) is 12.2. The van der Waals surface area contributed by atoms with Gasteiger partial charge in [-0.05, 0) is 83.7 Å². The van der Waals surface area contributed by atoms with E-state index in [2.05, 4.69) is 41.7 Å². The van der Waals surface area contributed by atoms with Crippen LogP contribution in [-0.2, 0) is 17.8 Å². The van der Waals surface area contributed by atoms with Crippen molar-refractivity contribution in [3.8, 4) is 5.75 Å². The van der Waals surface area contributed by atoms with E-state index in [1.807, 2.05) is 71.0 Å². The number of amides is 1. The van der Waals surface area contributed by atoms with Crippen molar-refractivity contribution in [3.05, 3.63) is 59.2 Å². The highest BCUT2D eigenvalue weighted by atomic mass is 32.2. The van der Waals surface area contributed by atoms with Gasteiger partial charge in [0.25, 0.3) is 5.91 Å². The molecule has 8 heteroatoms. The lowest BCUT2D eigenvalue weighted by Crippen LogP contribution is -2.29. The Morgan fingerprint density at radius 1 is 1.12 bits per heavy atom. The zero-order valence-electron chi connectivity index (χ0n) is 28.5. The number of imidazole rings is 1. The number of carboxylic acid groups (broad SMARTS) is 1. The summed E-state index contributed by atoms with van der Waals surface area (Å²) in [6.07, 6.45) is 14.4. The lowest BCUT2D eigenvalue weighted by atomic mass is 10.1. The van der Waals surface area contributed by atoms with Gasteiger partial charge in [-0.15, -0.1) is 11.8 Å². The van der Waals surface area contributed by atoms with E-state index in [4.69, 9.17) is 9.84 Å². The van der Waals surface area contributed by atoms with Crippen LogP contribution in [0.5, 0.6) is 5.75 Å². The minimum Gasteiger partial charge on any atom is -0.497 e. The highest BCUT2D eigenvalue weighted by Gasteiger charge is 2.29. The van der Waals surface area contributed by atoms with Crippen LogP contribution in [0.4, 0.5) is 5.69 Å². The lowest BCUT2D eigenvalue weighted by molar-refractivity contribution is -0.138. The Labute approximate surface area is 265 Å². The Morgan fingerprint density at radius 2 is 1.79 bits per heavy atom. The number of hydrogen-bond acceptors (Lipinski definition) is 5.